The van der Waals surface area contributed by atoms with Crippen molar-refractivity contribution in [2.24, 2.45) is 0 Å². The first-order valence-electron chi connectivity index (χ1n) is 7.83. The molecule has 0 saturated carbocycles. The molecule has 0 spiro atoms. The summed E-state index contributed by atoms with van der Waals surface area (Å²) in [5.74, 6) is -0.0258. The quantitative estimate of drug-likeness (QED) is 0.511. The van der Waals surface area contributed by atoms with E-state index in [1.54, 1.807) is 42.5 Å². The average molecular weight is 421 g/mol. The molecular formula is C19H14Cl2N2O3S. The van der Waals surface area contributed by atoms with E-state index in [9.17, 15) is 9.59 Å². The highest BCUT2D eigenvalue weighted by Crippen LogP contribution is 2.24. The van der Waals surface area contributed by atoms with E-state index in [1.165, 1.54) is 18.0 Å². The fraction of sp³-hybridized carbons (Fsp3) is 0.0526. The van der Waals surface area contributed by atoms with Crippen LogP contribution in [0.15, 0.2) is 70.2 Å². The van der Waals surface area contributed by atoms with Gasteiger partial charge in [0, 0.05) is 26.3 Å². The zero-order valence-corrected chi connectivity index (χ0v) is 16.2. The topological polar surface area (TPSA) is 71.3 Å². The Bertz CT molecular complexity index is 924. The number of carbonyl (C=O) groups excluding carboxylic acids is 2. The van der Waals surface area contributed by atoms with Gasteiger partial charge in [-0.3, -0.25) is 9.59 Å². The number of anilines is 2. The molecule has 2 amide bonds. The molecule has 138 valence electrons. The van der Waals surface area contributed by atoms with Gasteiger partial charge in [0.25, 0.3) is 5.91 Å². The number of halogens is 2. The molecule has 1 heterocycles. The molecule has 0 aliphatic heterocycles. The number of hydrogen-bond acceptors (Lipinski definition) is 4. The van der Waals surface area contributed by atoms with Crippen LogP contribution in [0.2, 0.25) is 10.0 Å². The molecule has 0 atom stereocenters. The Kier molecular flexibility index (Phi) is 6.45. The van der Waals surface area contributed by atoms with Crippen LogP contribution >= 0.6 is 35.0 Å². The molecule has 1 aromatic heterocycles. The average Bonchev–Trinajstić information content (AvgIpc) is 3.15. The maximum absolute atomic E-state index is 12.1. The molecule has 0 saturated heterocycles. The van der Waals surface area contributed by atoms with Crippen molar-refractivity contribution in [3.05, 3.63) is 76.7 Å². The van der Waals surface area contributed by atoms with Crippen LogP contribution < -0.4 is 10.6 Å². The highest BCUT2D eigenvalue weighted by atomic mass is 35.5. The number of amides is 2. The van der Waals surface area contributed by atoms with Gasteiger partial charge in [-0.05, 0) is 54.6 Å². The van der Waals surface area contributed by atoms with Crippen LogP contribution in [0, 0.1) is 0 Å². The van der Waals surface area contributed by atoms with E-state index in [2.05, 4.69) is 10.6 Å². The Hall–Kier alpha value is -2.41. The van der Waals surface area contributed by atoms with E-state index >= 15 is 0 Å². The van der Waals surface area contributed by atoms with Gasteiger partial charge in [-0.1, -0.05) is 23.2 Å². The summed E-state index contributed by atoms with van der Waals surface area (Å²) in [6, 6.07) is 15.3. The highest BCUT2D eigenvalue weighted by molar-refractivity contribution is 8.00. The lowest BCUT2D eigenvalue weighted by molar-refractivity contribution is -0.113. The van der Waals surface area contributed by atoms with Crippen molar-refractivity contribution < 1.29 is 14.0 Å². The minimum absolute atomic E-state index is 0.173. The van der Waals surface area contributed by atoms with Gasteiger partial charge >= 0.3 is 0 Å². The zero-order chi connectivity index (χ0) is 19.2. The number of benzene rings is 2. The van der Waals surface area contributed by atoms with E-state index < -0.39 is 0 Å². The molecule has 5 nitrogen and oxygen atoms in total. The Morgan fingerprint density at radius 1 is 0.926 bits per heavy atom. The van der Waals surface area contributed by atoms with Crippen LogP contribution in [0.3, 0.4) is 0 Å². The van der Waals surface area contributed by atoms with Gasteiger partial charge in [-0.25, -0.2) is 0 Å². The minimum Gasteiger partial charge on any atom is -0.459 e. The lowest BCUT2D eigenvalue weighted by Crippen LogP contribution is -2.14. The second-order valence-electron chi connectivity index (χ2n) is 5.45. The Balaban J connectivity index is 1.51. The molecule has 8 heteroatoms. The molecule has 0 bridgehead atoms. The van der Waals surface area contributed by atoms with E-state index in [0.29, 0.717) is 21.4 Å². The molecule has 2 N–H and O–H groups in total. The van der Waals surface area contributed by atoms with E-state index in [4.69, 9.17) is 27.6 Å². The number of hydrogen-bond donors (Lipinski definition) is 2. The maximum Gasteiger partial charge on any atom is 0.291 e. The summed E-state index contributed by atoms with van der Waals surface area (Å²) in [6.07, 6.45) is 1.44. The largest absolute Gasteiger partial charge is 0.459 e. The zero-order valence-electron chi connectivity index (χ0n) is 13.9. The molecule has 27 heavy (non-hydrogen) atoms. The van der Waals surface area contributed by atoms with Crippen LogP contribution in [0.25, 0.3) is 0 Å². The number of furan rings is 1. The summed E-state index contributed by atoms with van der Waals surface area (Å²) in [5, 5.41) is 6.40. The summed E-state index contributed by atoms with van der Waals surface area (Å²) < 4.78 is 5.04. The molecule has 0 unspecified atom stereocenters. The van der Waals surface area contributed by atoms with Crippen molar-refractivity contribution in [1.82, 2.24) is 0 Å². The van der Waals surface area contributed by atoms with Crippen molar-refractivity contribution in [3.63, 3.8) is 0 Å². The second-order valence-corrected chi connectivity index (χ2v) is 7.37. The number of rotatable bonds is 6. The van der Waals surface area contributed by atoms with E-state index in [0.717, 1.165) is 4.90 Å². The van der Waals surface area contributed by atoms with E-state index in [-0.39, 0.29) is 23.3 Å². The number of thioether (sulfide) groups is 1. The van der Waals surface area contributed by atoms with Gasteiger partial charge in [-0.2, -0.15) is 0 Å². The third-order valence-electron chi connectivity index (χ3n) is 3.37. The smallest absolute Gasteiger partial charge is 0.291 e. The lowest BCUT2D eigenvalue weighted by atomic mass is 10.3. The summed E-state index contributed by atoms with van der Waals surface area (Å²) in [4.78, 5) is 24.9. The van der Waals surface area contributed by atoms with E-state index in [1.807, 2.05) is 12.1 Å². The van der Waals surface area contributed by atoms with Crippen LogP contribution in [-0.2, 0) is 4.79 Å². The molecule has 0 radical (unpaired) electrons. The lowest BCUT2D eigenvalue weighted by Gasteiger charge is -2.07. The predicted octanol–water partition coefficient (Wildman–Crippen LogP) is 5.57. The number of nitrogens with one attached hydrogen (secondary N) is 2. The monoisotopic (exact) mass is 420 g/mol. The molecule has 0 aliphatic rings. The third kappa shape index (κ3) is 5.79. The molecule has 3 aromatic rings. The first-order valence-corrected chi connectivity index (χ1v) is 9.57. The minimum atomic E-state index is -0.319. The summed E-state index contributed by atoms with van der Waals surface area (Å²) >= 11 is 13.2. The highest BCUT2D eigenvalue weighted by Gasteiger charge is 2.09. The van der Waals surface area contributed by atoms with Gasteiger partial charge in [-0.15, -0.1) is 11.8 Å². The van der Waals surface area contributed by atoms with Gasteiger partial charge in [0.15, 0.2) is 5.76 Å². The van der Waals surface area contributed by atoms with Gasteiger partial charge in [0.1, 0.15) is 0 Å². The van der Waals surface area contributed by atoms with Crippen molar-refractivity contribution >= 4 is 58.2 Å². The summed E-state index contributed by atoms with van der Waals surface area (Å²) in [5.41, 5.74) is 1.19. The van der Waals surface area contributed by atoms with Crippen molar-refractivity contribution in [1.29, 1.82) is 0 Å². The van der Waals surface area contributed by atoms with Crippen LogP contribution in [0.5, 0.6) is 0 Å². The van der Waals surface area contributed by atoms with Gasteiger partial charge in [0.2, 0.25) is 5.91 Å². The maximum atomic E-state index is 12.1. The summed E-state index contributed by atoms with van der Waals surface area (Å²) in [7, 11) is 0. The number of carbonyl (C=O) groups is 2. The second kappa shape index (κ2) is 8.99. The SMILES string of the molecule is O=C(CSc1ccc(NC(=O)c2ccco2)cc1)Nc1cc(Cl)cc(Cl)c1. The van der Waals surface area contributed by atoms with Crippen molar-refractivity contribution in [2.45, 2.75) is 4.90 Å². The summed E-state index contributed by atoms with van der Waals surface area (Å²) in [6.45, 7) is 0. The molecule has 0 aliphatic carbocycles. The van der Waals surface area contributed by atoms with Gasteiger partial charge < -0.3 is 15.1 Å². The fourth-order valence-corrected chi connectivity index (χ4v) is 3.43. The van der Waals surface area contributed by atoms with Crippen LogP contribution in [-0.4, -0.2) is 17.6 Å². The van der Waals surface area contributed by atoms with Gasteiger partial charge in [0.05, 0.1) is 12.0 Å². The predicted molar refractivity (Wildman–Crippen MR) is 109 cm³/mol. The third-order valence-corrected chi connectivity index (χ3v) is 4.82. The molecule has 2 aromatic carbocycles. The molecular weight excluding hydrogens is 407 g/mol. The van der Waals surface area contributed by atoms with Crippen LogP contribution in [0.1, 0.15) is 10.6 Å². The Labute approximate surface area is 170 Å². The van der Waals surface area contributed by atoms with Crippen molar-refractivity contribution in [3.8, 4) is 0 Å². The fourth-order valence-electron chi connectivity index (χ4n) is 2.21. The first kappa shape index (κ1) is 19.4. The Morgan fingerprint density at radius 2 is 1.63 bits per heavy atom. The first-order chi connectivity index (χ1) is 13.0. The van der Waals surface area contributed by atoms with Crippen molar-refractivity contribution in [2.75, 3.05) is 16.4 Å². The molecule has 3 rings (SSSR count). The standard InChI is InChI=1S/C19H14Cl2N2O3S/c20-12-8-13(21)10-15(9-12)22-18(24)11-27-16-5-3-14(4-6-16)23-19(25)17-2-1-7-26-17/h1-10H,11H2,(H,22,24)(H,23,25). The Morgan fingerprint density at radius 3 is 2.26 bits per heavy atom. The normalized spacial score (nSPS) is 10.4. The molecule has 0 fully saturated rings. The van der Waals surface area contributed by atoms with Crippen LogP contribution in [0.4, 0.5) is 11.4 Å².